The van der Waals surface area contributed by atoms with Crippen molar-refractivity contribution in [3.05, 3.63) is 68.2 Å². The van der Waals surface area contributed by atoms with Gasteiger partial charge in [0.2, 0.25) is 5.95 Å². The number of anilines is 1. The van der Waals surface area contributed by atoms with Crippen LogP contribution in [0.4, 0.5) is 5.82 Å². The molecule has 10 heteroatoms. The Labute approximate surface area is 176 Å². The zero-order valence-corrected chi connectivity index (χ0v) is 16.9. The molecule has 0 atom stereocenters. The first-order valence-corrected chi connectivity index (χ1v) is 9.81. The van der Waals surface area contributed by atoms with Crippen LogP contribution in [-0.2, 0) is 29.0 Å². The van der Waals surface area contributed by atoms with Crippen molar-refractivity contribution in [2.24, 2.45) is 0 Å². The van der Waals surface area contributed by atoms with Gasteiger partial charge in [0.1, 0.15) is 5.82 Å². The number of aromatic nitrogens is 4. The van der Waals surface area contributed by atoms with Crippen LogP contribution in [0.5, 0.6) is 0 Å². The minimum absolute atomic E-state index is 0.182. The summed E-state index contributed by atoms with van der Waals surface area (Å²) in [6.07, 6.45) is 2.30. The molecule has 2 aromatic heterocycles. The Morgan fingerprint density at radius 1 is 1.20 bits per heavy atom. The lowest BCUT2D eigenvalue weighted by Gasteiger charge is -2.09. The molecule has 0 saturated carbocycles. The van der Waals surface area contributed by atoms with Gasteiger partial charge in [-0.15, -0.1) is 0 Å². The summed E-state index contributed by atoms with van der Waals surface area (Å²) in [6, 6.07) is 8.52. The number of fused-ring (bicyclic) bond motifs is 1. The number of benzene rings is 1. The number of carbonyl (C=O) groups is 2. The van der Waals surface area contributed by atoms with E-state index in [4.69, 9.17) is 11.6 Å². The fraction of sp³-hybridized carbons (Fsp3) is 0.250. The fourth-order valence-electron chi connectivity index (χ4n) is 3.32. The Kier molecular flexibility index (Phi) is 5.37. The van der Waals surface area contributed by atoms with Crippen molar-refractivity contribution >= 4 is 29.2 Å². The van der Waals surface area contributed by atoms with E-state index in [9.17, 15) is 14.4 Å². The zero-order chi connectivity index (χ0) is 21.3. The van der Waals surface area contributed by atoms with Gasteiger partial charge in [-0.05, 0) is 43.9 Å². The molecule has 4 rings (SSSR count). The number of nitrogens with one attached hydrogen (secondary N) is 3. The molecule has 0 unspecified atom stereocenters. The normalized spacial score (nSPS) is 12.5. The van der Waals surface area contributed by atoms with Crippen LogP contribution in [0.15, 0.2) is 35.1 Å². The molecular weight excluding hydrogens is 408 g/mol. The third kappa shape index (κ3) is 4.11. The summed E-state index contributed by atoms with van der Waals surface area (Å²) in [6.45, 7) is 1.92. The van der Waals surface area contributed by atoms with Crippen molar-refractivity contribution in [2.45, 2.75) is 32.7 Å². The van der Waals surface area contributed by atoms with Gasteiger partial charge in [-0.2, -0.15) is 9.78 Å². The minimum atomic E-state index is -0.853. The molecule has 0 fully saturated rings. The quantitative estimate of drug-likeness (QED) is 0.548. The number of aromatic amines is 1. The molecule has 2 heterocycles. The van der Waals surface area contributed by atoms with Crippen molar-refractivity contribution in [3.8, 4) is 5.95 Å². The molecule has 30 heavy (non-hydrogen) atoms. The van der Waals surface area contributed by atoms with Crippen molar-refractivity contribution in [1.82, 2.24) is 25.1 Å². The van der Waals surface area contributed by atoms with Crippen molar-refractivity contribution < 1.29 is 9.59 Å². The van der Waals surface area contributed by atoms with E-state index in [0.717, 1.165) is 24.1 Å². The first-order chi connectivity index (χ1) is 14.4. The summed E-state index contributed by atoms with van der Waals surface area (Å²) in [5.41, 5.74) is 2.62. The second kappa shape index (κ2) is 8.11. The molecule has 3 aromatic rings. The van der Waals surface area contributed by atoms with Gasteiger partial charge in [0.25, 0.3) is 5.56 Å². The Bertz CT molecular complexity index is 1180. The number of amides is 2. The molecular formula is C20H19ClN6O3. The lowest BCUT2D eigenvalue weighted by Crippen LogP contribution is -2.35. The van der Waals surface area contributed by atoms with E-state index in [0.29, 0.717) is 22.7 Å². The highest BCUT2D eigenvalue weighted by Gasteiger charge is 2.21. The van der Waals surface area contributed by atoms with E-state index in [1.807, 2.05) is 0 Å². The molecule has 154 valence electrons. The molecule has 3 N–H and O–H groups in total. The van der Waals surface area contributed by atoms with Crippen molar-refractivity contribution in [3.63, 3.8) is 0 Å². The number of hydrogen-bond acceptors (Lipinski definition) is 5. The first kappa shape index (κ1) is 19.8. The average Bonchev–Trinajstić information content (AvgIpc) is 3.33. The summed E-state index contributed by atoms with van der Waals surface area (Å²) in [5, 5.41) is 9.95. The third-order valence-corrected chi connectivity index (χ3v) is 5.03. The van der Waals surface area contributed by atoms with Gasteiger partial charge in [-0.25, -0.2) is 4.98 Å². The summed E-state index contributed by atoms with van der Waals surface area (Å²) in [7, 11) is 0. The summed E-state index contributed by atoms with van der Waals surface area (Å²) < 4.78 is 1.32. The van der Waals surface area contributed by atoms with Crippen molar-refractivity contribution in [2.75, 3.05) is 5.32 Å². The Balaban J connectivity index is 1.49. The SMILES string of the molecule is Cc1cc(NC(=O)C(=O)NCc2ccc(Cl)cc2)n(-c2nc3c(c(=O)[nH]2)CCC3)n1. The van der Waals surface area contributed by atoms with Gasteiger partial charge < -0.3 is 10.6 Å². The van der Waals surface area contributed by atoms with Gasteiger partial charge in [0.15, 0.2) is 0 Å². The highest BCUT2D eigenvalue weighted by Crippen LogP contribution is 2.19. The molecule has 0 spiro atoms. The van der Waals surface area contributed by atoms with Crippen LogP contribution < -0.4 is 16.2 Å². The Morgan fingerprint density at radius 2 is 1.97 bits per heavy atom. The topological polar surface area (TPSA) is 122 Å². The van der Waals surface area contributed by atoms with E-state index < -0.39 is 11.8 Å². The Hall–Kier alpha value is -3.46. The molecule has 1 aromatic carbocycles. The van der Waals surface area contributed by atoms with Crippen LogP contribution in [-0.4, -0.2) is 31.6 Å². The minimum Gasteiger partial charge on any atom is -0.344 e. The molecule has 0 bridgehead atoms. The molecule has 9 nitrogen and oxygen atoms in total. The average molecular weight is 427 g/mol. The van der Waals surface area contributed by atoms with E-state index in [-0.39, 0.29) is 23.9 Å². The molecule has 1 aliphatic rings. The van der Waals surface area contributed by atoms with Gasteiger partial charge in [-0.1, -0.05) is 23.7 Å². The highest BCUT2D eigenvalue weighted by atomic mass is 35.5. The van der Waals surface area contributed by atoms with Crippen LogP contribution in [0.2, 0.25) is 5.02 Å². The number of nitrogens with zero attached hydrogens (tertiary/aromatic N) is 3. The lowest BCUT2D eigenvalue weighted by atomic mass is 10.2. The molecule has 1 aliphatic carbocycles. The van der Waals surface area contributed by atoms with E-state index >= 15 is 0 Å². The van der Waals surface area contributed by atoms with Crippen molar-refractivity contribution in [1.29, 1.82) is 0 Å². The smallest absolute Gasteiger partial charge is 0.314 e. The number of halogens is 1. The largest absolute Gasteiger partial charge is 0.344 e. The van der Waals surface area contributed by atoms with E-state index in [2.05, 4.69) is 25.7 Å². The number of aryl methyl sites for hydroxylation is 2. The molecule has 2 amide bonds. The maximum atomic E-state index is 12.4. The predicted molar refractivity (Wildman–Crippen MR) is 111 cm³/mol. The van der Waals surface area contributed by atoms with Crippen LogP contribution in [0.25, 0.3) is 5.95 Å². The van der Waals surface area contributed by atoms with Gasteiger partial charge in [0, 0.05) is 23.2 Å². The maximum Gasteiger partial charge on any atom is 0.314 e. The van der Waals surface area contributed by atoms with Crippen LogP contribution in [0, 0.1) is 6.92 Å². The van der Waals surface area contributed by atoms with Crippen LogP contribution in [0.1, 0.15) is 28.9 Å². The predicted octanol–water partition coefficient (Wildman–Crippen LogP) is 1.66. The number of carbonyl (C=O) groups excluding carboxylic acids is 2. The summed E-state index contributed by atoms with van der Waals surface area (Å²) in [5.74, 6) is -1.22. The second-order valence-corrected chi connectivity index (χ2v) is 7.45. The molecule has 0 saturated heterocycles. The number of hydrogen-bond donors (Lipinski definition) is 3. The second-order valence-electron chi connectivity index (χ2n) is 7.01. The van der Waals surface area contributed by atoms with Gasteiger partial charge in [-0.3, -0.25) is 19.4 Å². The molecule has 0 radical (unpaired) electrons. The van der Waals surface area contributed by atoms with Crippen LogP contribution >= 0.6 is 11.6 Å². The summed E-state index contributed by atoms with van der Waals surface area (Å²) in [4.78, 5) is 44.0. The molecule has 0 aliphatic heterocycles. The van der Waals surface area contributed by atoms with Crippen LogP contribution in [0.3, 0.4) is 0 Å². The standard InChI is InChI=1S/C20H19ClN6O3/c1-11-9-16(24-19(30)18(29)22-10-12-5-7-13(21)8-6-12)27(26-11)20-23-15-4-2-3-14(15)17(28)25-20/h5-9H,2-4,10H2,1H3,(H,22,29)(H,24,30)(H,23,25,28). The maximum absolute atomic E-state index is 12.4. The van der Waals surface area contributed by atoms with Gasteiger partial charge >= 0.3 is 11.8 Å². The number of H-pyrrole nitrogens is 1. The first-order valence-electron chi connectivity index (χ1n) is 9.43. The number of rotatable bonds is 4. The highest BCUT2D eigenvalue weighted by molar-refractivity contribution is 6.39. The zero-order valence-electron chi connectivity index (χ0n) is 16.2. The fourth-order valence-corrected chi connectivity index (χ4v) is 3.44. The van der Waals surface area contributed by atoms with E-state index in [1.165, 1.54) is 4.68 Å². The summed E-state index contributed by atoms with van der Waals surface area (Å²) >= 11 is 5.84. The third-order valence-electron chi connectivity index (χ3n) is 4.78. The monoisotopic (exact) mass is 426 g/mol. The van der Waals surface area contributed by atoms with Gasteiger partial charge in [0.05, 0.1) is 11.4 Å². The lowest BCUT2D eigenvalue weighted by molar-refractivity contribution is -0.136. The van der Waals surface area contributed by atoms with E-state index in [1.54, 1.807) is 37.3 Å². The Morgan fingerprint density at radius 3 is 2.73 bits per heavy atom.